The van der Waals surface area contributed by atoms with Gasteiger partial charge in [-0.1, -0.05) is 30.3 Å². The van der Waals surface area contributed by atoms with Gasteiger partial charge in [0.2, 0.25) is 5.91 Å². The summed E-state index contributed by atoms with van der Waals surface area (Å²) in [5.41, 5.74) is 4.53. The van der Waals surface area contributed by atoms with Crippen LogP contribution in [-0.4, -0.2) is 37.5 Å². The Labute approximate surface area is 199 Å². The van der Waals surface area contributed by atoms with Gasteiger partial charge in [0.1, 0.15) is 0 Å². The number of nitrogens with zero attached hydrogens (tertiary/aromatic N) is 1. The highest BCUT2D eigenvalue weighted by Gasteiger charge is 2.34. The summed E-state index contributed by atoms with van der Waals surface area (Å²) in [6.07, 6.45) is 2.63. The van der Waals surface area contributed by atoms with Crippen molar-refractivity contribution in [3.63, 3.8) is 0 Å². The van der Waals surface area contributed by atoms with Gasteiger partial charge in [0.05, 0.1) is 20.3 Å². The third kappa shape index (κ3) is 4.23. The van der Waals surface area contributed by atoms with Crippen LogP contribution in [0.25, 0.3) is 0 Å². The normalized spacial score (nSPS) is 17.0. The first-order valence-electron chi connectivity index (χ1n) is 11.6. The molecule has 1 atom stereocenters. The number of amides is 2. The number of methoxy groups -OCH3 is 2. The molecule has 0 aromatic heterocycles. The summed E-state index contributed by atoms with van der Waals surface area (Å²) in [4.78, 5) is 27.7. The lowest BCUT2D eigenvalue weighted by atomic mass is 9.87. The van der Waals surface area contributed by atoms with Crippen LogP contribution >= 0.6 is 0 Å². The Morgan fingerprint density at radius 2 is 1.59 bits per heavy atom. The maximum absolute atomic E-state index is 13.7. The molecule has 2 aliphatic rings. The van der Waals surface area contributed by atoms with Gasteiger partial charge in [0.15, 0.2) is 11.5 Å². The molecule has 1 aliphatic heterocycles. The number of nitrogens with one attached hydrogen (secondary N) is 1. The number of carbonyl (C=O) groups excluding carboxylic acids is 2. The van der Waals surface area contributed by atoms with E-state index in [1.807, 2.05) is 47.4 Å². The van der Waals surface area contributed by atoms with Crippen LogP contribution in [0.5, 0.6) is 11.5 Å². The molecule has 1 heterocycles. The number of carbonyl (C=O) groups is 2. The number of ether oxygens (including phenoxy) is 2. The van der Waals surface area contributed by atoms with Gasteiger partial charge in [-0.2, -0.15) is 0 Å². The van der Waals surface area contributed by atoms with Gasteiger partial charge in [0, 0.05) is 23.7 Å². The summed E-state index contributed by atoms with van der Waals surface area (Å²) in [5, 5.41) is 2.93. The van der Waals surface area contributed by atoms with Gasteiger partial charge < -0.3 is 19.7 Å². The topological polar surface area (TPSA) is 67.9 Å². The monoisotopic (exact) mass is 456 g/mol. The number of anilines is 1. The lowest BCUT2D eigenvalue weighted by Crippen LogP contribution is -2.40. The molecule has 0 radical (unpaired) electrons. The predicted molar refractivity (Wildman–Crippen MR) is 130 cm³/mol. The third-order valence-electron chi connectivity index (χ3n) is 6.60. The zero-order valence-corrected chi connectivity index (χ0v) is 19.4. The zero-order valence-electron chi connectivity index (χ0n) is 19.4. The number of benzene rings is 3. The Morgan fingerprint density at radius 3 is 2.24 bits per heavy atom. The second-order valence-corrected chi connectivity index (χ2v) is 8.81. The van der Waals surface area contributed by atoms with Crippen LogP contribution in [0, 0.1) is 5.92 Å². The molecule has 3 aromatic carbocycles. The van der Waals surface area contributed by atoms with E-state index in [0.29, 0.717) is 29.3 Å². The van der Waals surface area contributed by atoms with Crippen LogP contribution < -0.4 is 14.8 Å². The summed E-state index contributed by atoms with van der Waals surface area (Å²) < 4.78 is 11.1. The van der Waals surface area contributed by atoms with Crippen LogP contribution in [0.1, 0.15) is 45.9 Å². The SMILES string of the molecule is COc1cc2c(cc1OC)C(c1ccccc1)N(C(=O)c1ccc(NC(=O)C3CC3)cc1)CC2. The highest BCUT2D eigenvalue weighted by Crippen LogP contribution is 2.41. The maximum atomic E-state index is 13.7. The first-order chi connectivity index (χ1) is 16.6. The van der Waals surface area contributed by atoms with Crippen LogP contribution in [0.15, 0.2) is 66.7 Å². The van der Waals surface area contributed by atoms with Crippen LogP contribution in [0.4, 0.5) is 5.69 Å². The molecule has 1 unspecified atom stereocenters. The van der Waals surface area contributed by atoms with E-state index < -0.39 is 0 Å². The Balaban J connectivity index is 1.48. The highest BCUT2D eigenvalue weighted by atomic mass is 16.5. The van der Waals surface area contributed by atoms with E-state index in [1.165, 1.54) is 0 Å². The van der Waals surface area contributed by atoms with E-state index in [2.05, 4.69) is 5.32 Å². The van der Waals surface area contributed by atoms with Gasteiger partial charge in [0.25, 0.3) is 5.91 Å². The molecule has 174 valence electrons. The first kappa shape index (κ1) is 22.0. The minimum Gasteiger partial charge on any atom is -0.493 e. The van der Waals surface area contributed by atoms with E-state index >= 15 is 0 Å². The van der Waals surface area contributed by atoms with Gasteiger partial charge in [-0.25, -0.2) is 0 Å². The molecule has 1 fully saturated rings. The zero-order chi connectivity index (χ0) is 23.7. The molecule has 34 heavy (non-hydrogen) atoms. The van der Waals surface area contributed by atoms with Crippen LogP contribution in [0.2, 0.25) is 0 Å². The van der Waals surface area contributed by atoms with E-state index in [1.54, 1.807) is 38.5 Å². The number of rotatable bonds is 6. The third-order valence-corrected chi connectivity index (χ3v) is 6.60. The number of hydrogen-bond acceptors (Lipinski definition) is 4. The Hall–Kier alpha value is -3.80. The molecule has 0 spiro atoms. The molecule has 3 aromatic rings. The predicted octanol–water partition coefficient (Wildman–Crippen LogP) is 4.84. The van der Waals surface area contributed by atoms with E-state index in [-0.39, 0.29) is 23.8 Å². The molecule has 5 rings (SSSR count). The van der Waals surface area contributed by atoms with Crippen LogP contribution in [0.3, 0.4) is 0 Å². The second-order valence-electron chi connectivity index (χ2n) is 8.81. The van der Waals surface area contributed by atoms with Crippen molar-refractivity contribution in [1.29, 1.82) is 0 Å². The first-order valence-corrected chi connectivity index (χ1v) is 11.6. The molecular weight excluding hydrogens is 428 g/mol. The maximum Gasteiger partial charge on any atom is 0.254 e. The van der Waals surface area contributed by atoms with Crippen molar-refractivity contribution in [2.75, 3.05) is 26.1 Å². The molecule has 6 heteroatoms. The van der Waals surface area contributed by atoms with Crippen molar-refractivity contribution < 1.29 is 19.1 Å². The fraction of sp³-hybridized carbons (Fsp3) is 0.286. The summed E-state index contributed by atoms with van der Waals surface area (Å²) in [6, 6.07) is 21.0. The number of hydrogen-bond donors (Lipinski definition) is 1. The van der Waals surface area contributed by atoms with E-state index in [4.69, 9.17) is 9.47 Å². The van der Waals surface area contributed by atoms with Crippen LogP contribution in [-0.2, 0) is 11.2 Å². The van der Waals surface area contributed by atoms with Gasteiger partial charge in [-0.05, 0) is 72.4 Å². The molecule has 1 N–H and O–H groups in total. The summed E-state index contributed by atoms with van der Waals surface area (Å²) in [7, 11) is 3.26. The summed E-state index contributed by atoms with van der Waals surface area (Å²) in [5.74, 6) is 1.48. The summed E-state index contributed by atoms with van der Waals surface area (Å²) in [6.45, 7) is 0.584. The minimum atomic E-state index is -0.244. The Kier molecular flexibility index (Phi) is 5.97. The molecule has 1 saturated carbocycles. The average molecular weight is 457 g/mol. The fourth-order valence-electron chi connectivity index (χ4n) is 4.61. The average Bonchev–Trinajstić information content (AvgIpc) is 3.73. The van der Waals surface area contributed by atoms with Gasteiger partial charge in [-0.3, -0.25) is 9.59 Å². The molecular formula is C28H28N2O4. The van der Waals surface area contributed by atoms with E-state index in [9.17, 15) is 9.59 Å². The Bertz CT molecular complexity index is 1200. The van der Waals surface area contributed by atoms with Crippen molar-refractivity contribution in [1.82, 2.24) is 4.90 Å². The van der Waals surface area contributed by atoms with E-state index in [0.717, 1.165) is 36.0 Å². The highest BCUT2D eigenvalue weighted by molar-refractivity contribution is 5.97. The standard InChI is InChI=1S/C28H28N2O4/c1-33-24-16-21-14-15-30(26(18-6-4-3-5-7-18)23(21)17-25(24)34-2)28(32)20-10-12-22(13-11-20)29-27(31)19-8-9-19/h3-7,10-13,16-17,19,26H,8-9,14-15H2,1-2H3,(H,29,31). The fourth-order valence-corrected chi connectivity index (χ4v) is 4.61. The Morgan fingerprint density at radius 1 is 0.912 bits per heavy atom. The molecule has 1 aliphatic carbocycles. The largest absolute Gasteiger partial charge is 0.493 e. The van der Waals surface area contributed by atoms with Crippen molar-refractivity contribution in [3.05, 3.63) is 89.0 Å². The minimum absolute atomic E-state index is 0.0469. The lowest BCUT2D eigenvalue weighted by Gasteiger charge is -2.38. The van der Waals surface area contributed by atoms with Crippen molar-refractivity contribution in [2.24, 2.45) is 5.92 Å². The van der Waals surface area contributed by atoms with Crippen molar-refractivity contribution in [3.8, 4) is 11.5 Å². The lowest BCUT2D eigenvalue weighted by molar-refractivity contribution is -0.117. The smallest absolute Gasteiger partial charge is 0.254 e. The molecule has 0 bridgehead atoms. The quantitative estimate of drug-likeness (QED) is 0.576. The van der Waals surface area contributed by atoms with Gasteiger partial charge >= 0.3 is 0 Å². The number of fused-ring (bicyclic) bond motifs is 1. The van der Waals surface area contributed by atoms with Crippen molar-refractivity contribution >= 4 is 17.5 Å². The summed E-state index contributed by atoms with van der Waals surface area (Å²) >= 11 is 0. The van der Waals surface area contributed by atoms with Gasteiger partial charge in [-0.15, -0.1) is 0 Å². The second kappa shape index (κ2) is 9.21. The molecule has 0 saturated heterocycles. The molecule has 6 nitrogen and oxygen atoms in total. The van der Waals surface area contributed by atoms with Crippen molar-refractivity contribution in [2.45, 2.75) is 25.3 Å². The molecule has 2 amide bonds.